The van der Waals surface area contributed by atoms with Crippen LogP contribution in [0.4, 0.5) is 5.95 Å². The van der Waals surface area contributed by atoms with Crippen LogP contribution in [0.25, 0.3) is 5.78 Å². The molecule has 0 aliphatic heterocycles. The normalized spacial score (nSPS) is 11.1. The maximum absolute atomic E-state index is 12.1. The Labute approximate surface area is 106 Å². The summed E-state index contributed by atoms with van der Waals surface area (Å²) in [5.74, 6) is 1.18. The third-order valence-corrected chi connectivity index (χ3v) is 2.73. The van der Waals surface area contributed by atoms with E-state index >= 15 is 0 Å². The highest BCUT2D eigenvalue weighted by Gasteiger charge is 2.10. The summed E-state index contributed by atoms with van der Waals surface area (Å²) in [6.07, 6.45) is 3.63. The first-order valence-corrected chi connectivity index (χ1v) is 6.38. The second-order valence-corrected chi connectivity index (χ2v) is 4.38. The average Bonchev–Trinajstić information content (AvgIpc) is 2.75. The highest BCUT2D eigenvalue weighted by Crippen LogP contribution is 2.05. The van der Waals surface area contributed by atoms with Crippen molar-refractivity contribution in [1.82, 2.24) is 19.2 Å². The Morgan fingerprint density at radius 1 is 1.33 bits per heavy atom. The van der Waals surface area contributed by atoms with E-state index in [4.69, 9.17) is 0 Å². The predicted octanol–water partition coefficient (Wildman–Crippen LogP) is 1.43. The van der Waals surface area contributed by atoms with Gasteiger partial charge >= 0.3 is 0 Å². The zero-order valence-electron chi connectivity index (χ0n) is 11.1. The van der Waals surface area contributed by atoms with Crippen molar-refractivity contribution >= 4 is 11.7 Å². The second kappa shape index (κ2) is 5.20. The Morgan fingerprint density at radius 3 is 2.78 bits per heavy atom. The van der Waals surface area contributed by atoms with E-state index < -0.39 is 0 Å². The van der Waals surface area contributed by atoms with Crippen molar-refractivity contribution in [3.05, 3.63) is 22.1 Å². The lowest BCUT2D eigenvalue weighted by Gasteiger charge is -2.05. The van der Waals surface area contributed by atoms with Crippen molar-refractivity contribution in [2.24, 2.45) is 0 Å². The molecule has 0 atom stereocenters. The maximum Gasteiger partial charge on any atom is 0.257 e. The van der Waals surface area contributed by atoms with Gasteiger partial charge in [0.15, 0.2) is 0 Å². The second-order valence-electron chi connectivity index (χ2n) is 4.38. The fraction of sp³-hybridized carbons (Fsp3) is 0.583. The summed E-state index contributed by atoms with van der Waals surface area (Å²) >= 11 is 0. The van der Waals surface area contributed by atoms with Gasteiger partial charge in [-0.25, -0.2) is 4.52 Å². The van der Waals surface area contributed by atoms with Crippen LogP contribution in [-0.2, 0) is 6.54 Å². The molecule has 2 aromatic rings. The molecule has 98 valence electrons. The van der Waals surface area contributed by atoms with Gasteiger partial charge in [0, 0.05) is 24.8 Å². The quantitative estimate of drug-likeness (QED) is 0.870. The van der Waals surface area contributed by atoms with Gasteiger partial charge in [-0.05, 0) is 19.8 Å². The Morgan fingerprint density at radius 2 is 2.11 bits per heavy atom. The van der Waals surface area contributed by atoms with Crippen LogP contribution in [0.2, 0.25) is 0 Å². The molecule has 2 heterocycles. The van der Waals surface area contributed by atoms with Crippen LogP contribution in [0.1, 0.15) is 32.3 Å². The van der Waals surface area contributed by atoms with Crippen molar-refractivity contribution in [3.8, 4) is 0 Å². The SMILES string of the molecule is CCCNc1nc2n(CCC)c(=O)c(C)cn2n1. The molecule has 0 saturated heterocycles. The molecular formula is C12H19N5O. The molecule has 6 nitrogen and oxygen atoms in total. The number of rotatable bonds is 5. The summed E-state index contributed by atoms with van der Waals surface area (Å²) in [5.41, 5.74) is 0.696. The number of anilines is 1. The molecule has 0 unspecified atom stereocenters. The fourth-order valence-electron chi connectivity index (χ4n) is 1.86. The molecule has 0 bridgehead atoms. The smallest absolute Gasteiger partial charge is 0.257 e. The van der Waals surface area contributed by atoms with Crippen molar-refractivity contribution in [3.63, 3.8) is 0 Å². The Kier molecular flexibility index (Phi) is 3.64. The zero-order valence-corrected chi connectivity index (χ0v) is 11.1. The predicted molar refractivity (Wildman–Crippen MR) is 71.1 cm³/mol. The average molecular weight is 249 g/mol. The minimum absolute atomic E-state index is 0.0128. The first-order valence-electron chi connectivity index (χ1n) is 6.38. The Bertz CT molecular complexity index is 598. The van der Waals surface area contributed by atoms with E-state index in [0.717, 1.165) is 19.4 Å². The van der Waals surface area contributed by atoms with Gasteiger partial charge in [0.1, 0.15) is 0 Å². The molecule has 0 aromatic carbocycles. The van der Waals surface area contributed by atoms with E-state index in [0.29, 0.717) is 23.8 Å². The number of nitrogens with one attached hydrogen (secondary N) is 1. The fourth-order valence-corrected chi connectivity index (χ4v) is 1.86. The summed E-state index contributed by atoms with van der Waals surface area (Å²) in [5, 5.41) is 7.46. The largest absolute Gasteiger partial charge is 0.353 e. The van der Waals surface area contributed by atoms with Crippen LogP contribution in [0.5, 0.6) is 0 Å². The van der Waals surface area contributed by atoms with E-state index in [1.54, 1.807) is 22.2 Å². The lowest BCUT2D eigenvalue weighted by molar-refractivity contribution is 0.646. The Hall–Kier alpha value is -1.85. The topological polar surface area (TPSA) is 64.2 Å². The lowest BCUT2D eigenvalue weighted by atomic mass is 10.3. The molecule has 0 aliphatic carbocycles. The highest BCUT2D eigenvalue weighted by molar-refractivity contribution is 5.38. The summed E-state index contributed by atoms with van der Waals surface area (Å²) in [6.45, 7) is 7.41. The van der Waals surface area contributed by atoms with Crippen LogP contribution in [0.15, 0.2) is 11.0 Å². The first kappa shape index (κ1) is 12.6. The van der Waals surface area contributed by atoms with Crippen LogP contribution in [0, 0.1) is 6.92 Å². The van der Waals surface area contributed by atoms with Gasteiger partial charge in [0.05, 0.1) is 0 Å². The molecule has 0 radical (unpaired) electrons. The van der Waals surface area contributed by atoms with Gasteiger partial charge in [-0.2, -0.15) is 4.98 Å². The van der Waals surface area contributed by atoms with Crippen molar-refractivity contribution in [2.75, 3.05) is 11.9 Å². The van der Waals surface area contributed by atoms with Crippen LogP contribution < -0.4 is 10.9 Å². The van der Waals surface area contributed by atoms with E-state index in [2.05, 4.69) is 22.3 Å². The molecule has 6 heteroatoms. The van der Waals surface area contributed by atoms with Gasteiger partial charge in [-0.15, -0.1) is 5.10 Å². The minimum atomic E-state index is 0.0128. The summed E-state index contributed by atoms with van der Waals surface area (Å²) in [4.78, 5) is 16.4. The molecule has 0 saturated carbocycles. The molecule has 2 aromatic heterocycles. The maximum atomic E-state index is 12.1. The zero-order chi connectivity index (χ0) is 13.1. The van der Waals surface area contributed by atoms with Crippen molar-refractivity contribution < 1.29 is 0 Å². The van der Waals surface area contributed by atoms with Crippen LogP contribution in [-0.4, -0.2) is 25.7 Å². The number of hydrogen-bond acceptors (Lipinski definition) is 4. The minimum Gasteiger partial charge on any atom is -0.353 e. The number of aryl methyl sites for hydroxylation is 2. The van der Waals surface area contributed by atoms with E-state index in [1.165, 1.54) is 0 Å². The molecular weight excluding hydrogens is 230 g/mol. The third-order valence-electron chi connectivity index (χ3n) is 2.73. The molecule has 0 spiro atoms. The molecule has 0 aliphatic rings. The number of hydrogen-bond donors (Lipinski definition) is 1. The number of nitrogens with zero attached hydrogens (tertiary/aromatic N) is 4. The van der Waals surface area contributed by atoms with E-state index in [9.17, 15) is 4.79 Å². The third kappa shape index (κ3) is 2.23. The summed E-state index contributed by atoms with van der Waals surface area (Å²) < 4.78 is 3.35. The standard InChI is InChI=1S/C12H19N5O/c1-4-6-13-11-14-12-16(7-5-2)10(18)9(3)8-17(12)15-11/h8H,4-7H2,1-3H3,(H,13,15). The highest BCUT2D eigenvalue weighted by atomic mass is 16.1. The molecule has 0 amide bonds. The van der Waals surface area contributed by atoms with Gasteiger partial charge in [0.25, 0.3) is 5.56 Å². The van der Waals surface area contributed by atoms with Crippen molar-refractivity contribution in [1.29, 1.82) is 0 Å². The number of fused-ring (bicyclic) bond motifs is 1. The van der Waals surface area contributed by atoms with Crippen LogP contribution in [0.3, 0.4) is 0 Å². The van der Waals surface area contributed by atoms with Gasteiger partial charge in [0.2, 0.25) is 11.7 Å². The molecule has 0 fully saturated rings. The van der Waals surface area contributed by atoms with Gasteiger partial charge in [-0.3, -0.25) is 9.36 Å². The molecule has 18 heavy (non-hydrogen) atoms. The van der Waals surface area contributed by atoms with E-state index in [-0.39, 0.29) is 5.56 Å². The summed E-state index contributed by atoms with van der Waals surface area (Å²) in [6, 6.07) is 0. The number of aromatic nitrogens is 4. The first-order chi connectivity index (χ1) is 8.67. The molecule has 1 N–H and O–H groups in total. The summed E-state index contributed by atoms with van der Waals surface area (Å²) in [7, 11) is 0. The van der Waals surface area contributed by atoms with Crippen molar-refractivity contribution in [2.45, 2.75) is 40.2 Å². The van der Waals surface area contributed by atoms with Gasteiger partial charge in [-0.1, -0.05) is 13.8 Å². The lowest BCUT2D eigenvalue weighted by Crippen LogP contribution is -2.24. The van der Waals surface area contributed by atoms with Crippen LogP contribution >= 0.6 is 0 Å². The molecule has 2 rings (SSSR count). The van der Waals surface area contributed by atoms with E-state index in [1.807, 2.05) is 6.92 Å². The Balaban J connectivity index is 2.53. The monoisotopic (exact) mass is 249 g/mol. The van der Waals surface area contributed by atoms with Gasteiger partial charge < -0.3 is 5.32 Å².